The molecule has 0 radical (unpaired) electrons. The van der Waals surface area contributed by atoms with Gasteiger partial charge in [0.25, 0.3) is 0 Å². The van der Waals surface area contributed by atoms with Gasteiger partial charge in [0.05, 0.1) is 46.6 Å². The van der Waals surface area contributed by atoms with Gasteiger partial charge in [-0.3, -0.25) is 9.59 Å². The standard InChI is InChI=1S/C33H43Cl2N3O6S/c1-21(2)28(20-45(43,22(3)4)36-32(42)37-13-15-44-16-14-37)38-30(23-9-11-25(34)12-10-23)27(24-7-6-8-26(35)17-24)18-33(5,31(38)41)19-29(39)40/h6-12,17,21-22,27-28,30H,13-16,18-20H2,1-5H3,(H,39,40)/t27-,28-,30-,33-,45?/m1/s1. The van der Waals surface area contributed by atoms with Crippen LogP contribution in [0.25, 0.3) is 0 Å². The molecule has 2 aliphatic rings. The number of ether oxygens (including phenoxy) is 1. The summed E-state index contributed by atoms with van der Waals surface area (Å²) in [5.74, 6) is -2.05. The van der Waals surface area contributed by atoms with Crippen molar-refractivity contribution >= 4 is 50.8 Å². The molecular weight excluding hydrogens is 637 g/mol. The number of carboxylic acid groups (broad SMARTS) is 1. The number of piperidine rings is 1. The molecule has 0 saturated carbocycles. The van der Waals surface area contributed by atoms with Gasteiger partial charge in [-0.15, -0.1) is 4.36 Å². The van der Waals surface area contributed by atoms with Gasteiger partial charge in [-0.1, -0.05) is 82.1 Å². The Balaban J connectivity index is 1.91. The van der Waals surface area contributed by atoms with Crippen LogP contribution in [-0.4, -0.2) is 80.4 Å². The summed E-state index contributed by atoms with van der Waals surface area (Å²) in [4.78, 5) is 43.5. The minimum atomic E-state index is -3.19. The van der Waals surface area contributed by atoms with Crippen LogP contribution in [0.5, 0.6) is 0 Å². The van der Waals surface area contributed by atoms with E-state index < -0.39 is 44.5 Å². The number of nitrogens with zero attached hydrogens (tertiary/aromatic N) is 3. The molecule has 5 atom stereocenters. The summed E-state index contributed by atoms with van der Waals surface area (Å²) < 4.78 is 24.4. The Bertz CT molecular complexity index is 1520. The lowest BCUT2D eigenvalue weighted by molar-refractivity contribution is -0.161. The van der Waals surface area contributed by atoms with Gasteiger partial charge in [0.2, 0.25) is 5.91 Å². The molecule has 0 aliphatic carbocycles. The Morgan fingerprint density at radius 3 is 2.24 bits per heavy atom. The zero-order chi connectivity index (χ0) is 33.1. The zero-order valence-corrected chi connectivity index (χ0v) is 28.8. The number of amides is 3. The van der Waals surface area contributed by atoms with Gasteiger partial charge in [0, 0.05) is 40.3 Å². The number of halogens is 2. The van der Waals surface area contributed by atoms with Crippen LogP contribution in [0.1, 0.15) is 70.5 Å². The average Bonchev–Trinajstić information content (AvgIpc) is 2.98. The highest BCUT2D eigenvalue weighted by atomic mass is 35.5. The van der Waals surface area contributed by atoms with Crippen LogP contribution >= 0.6 is 23.2 Å². The fourth-order valence-corrected chi connectivity index (χ4v) is 8.77. The van der Waals surface area contributed by atoms with Crippen molar-refractivity contribution in [3.63, 3.8) is 0 Å². The van der Waals surface area contributed by atoms with Crippen LogP contribution < -0.4 is 0 Å². The van der Waals surface area contributed by atoms with Crippen molar-refractivity contribution < 1.29 is 28.4 Å². The third-order valence-electron chi connectivity index (χ3n) is 8.92. The first-order chi connectivity index (χ1) is 21.1. The first-order valence-electron chi connectivity index (χ1n) is 15.3. The van der Waals surface area contributed by atoms with Gasteiger partial charge in [-0.05, 0) is 47.7 Å². The lowest BCUT2D eigenvalue weighted by atomic mass is 9.66. The molecular formula is C33H43Cl2N3O6S. The summed E-state index contributed by atoms with van der Waals surface area (Å²) in [6.45, 7) is 10.6. The molecule has 1 unspecified atom stereocenters. The van der Waals surface area contributed by atoms with Gasteiger partial charge in [-0.25, -0.2) is 9.00 Å². The number of carboxylic acids is 1. The van der Waals surface area contributed by atoms with Crippen LogP contribution in [0.2, 0.25) is 10.0 Å². The lowest BCUT2D eigenvalue weighted by Gasteiger charge is -2.53. The number of urea groups is 1. The highest BCUT2D eigenvalue weighted by Crippen LogP contribution is 2.52. The van der Waals surface area contributed by atoms with E-state index in [1.165, 1.54) is 4.90 Å². The van der Waals surface area contributed by atoms with Crippen molar-refractivity contribution in [2.45, 2.75) is 70.7 Å². The second-order valence-corrected chi connectivity index (χ2v) is 16.6. The van der Waals surface area contributed by atoms with E-state index in [2.05, 4.69) is 4.36 Å². The van der Waals surface area contributed by atoms with Gasteiger partial charge in [-0.2, -0.15) is 0 Å². The Morgan fingerprint density at radius 1 is 1.04 bits per heavy atom. The highest BCUT2D eigenvalue weighted by Gasteiger charge is 2.53. The second-order valence-electron chi connectivity index (χ2n) is 12.9. The molecule has 246 valence electrons. The molecule has 2 fully saturated rings. The molecule has 12 heteroatoms. The number of aliphatic carboxylic acids is 1. The minimum absolute atomic E-state index is 0.0559. The molecule has 9 nitrogen and oxygen atoms in total. The predicted molar refractivity (Wildman–Crippen MR) is 177 cm³/mol. The monoisotopic (exact) mass is 679 g/mol. The third kappa shape index (κ3) is 8.02. The van der Waals surface area contributed by atoms with Gasteiger partial charge in [0.15, 0.2) is 0 Å². The number of hydrogen-bond acceptors (Lipinski definition) is 5. The fourth-order valence-electron chi connectivity index (χ4n) is 6.36. The summed E-state index contributed by atoms with van der Waals surface area (Å²) >= 11 is 12.7. The first kappa shape index (κ1) is 35.2. The van der Waals surface area contributed by atoms with Crippen molar-refractivity contribution in [2.24, 2.45) is 15.7 Å². The van der Waals surface area contributed by atoms with E-state index >= 15 is 0 Å². The Morgan fingerprint density at radius 2 is 1.69 bits per heavy atom. The van der Waals surface area contributed by atoms with Crippen molar-refractivity contribution in [1.29, 1.82) is 0 Å². The molecule has 0 bridgehead atoms. The topological polar surface area (TPSA) is 117 Å². The van der Waals surface area contributed by atoms with Crippen molar-refractivity contribution in [3.8, 4) is 0 Å². The maximum Gasteiger partial charge on any atom is 0.351 e. The van der Waals surface area contributed by atoms with Crippen LogP contribution in [0.3, 0.4) is 0 Å². The number of carbonyl (C=O) groups excluding carboxylic acids is 2. The van der Waals surface area contributed by atoms with E-state index in [4.69, 9.17) is 27.9 Å². The van der Waals surface area contributed by atoms with E-state index in [0.29, 0.717) is 36.3 Å². The summed E-state index contributed by atoms with van der Waals surface area (Å²) in [5, 5.41) is 10.5. The van der Waals surface area contributed by atoms with Gasteiger partial charge >= 0.3 is 12.0 Å². The Kier molecular flexibility index (Phi) is 11.3. The van der Waals surface area contributed by atoms with Crippen LogP contribution in [-0.2, 0) is 24.1 Å². The van der Waals surface area contributed by atoms with E-state index in [1.807, 2.05) is 44.2 Å². The Labute approximate surface area is 276 Å². The first-order valence-corrected chi connectivity index (χ1v) is 17.8. The summed E-state index contributed by atoms with van der Waals surface area (Å²) in [6, 6.07) is 12.9. The number of hydrogen-bond donors (Lipinski definition) is 1. The van der Waals surface area contributed by atoms with Gasteiger partial charge < -0.3 is 19.6 Å². The molecule has 2 aromatic rings. The largest absolute Gasteiger partial charge is 0.481 e. The summed E-state index contributed by atoms with van der Waals surface area (Å²) in [7, 11) is -3.19. The summed E-state index contributed by atoms with van der Waals surface area (Å²) in [6.07, 6.45) is -0.121. The quantitative estimate of drug-likeness (QED) is 0.309. The van der Waals surface area contributed by atoms with Gasteiger partial charge in [0.1, 0.15) is 0 Å². The van der Waals surface area contributed by atoms with Crippen LogP contribution in [0, 0.1) is 11.3 Å². The normalized spacial score (nSPS) is 24.4. The van der Waals surface area contributed by atoms with E-state index in [-0.39, 0.29) is 36.3 Å². The molecule has 2 heterocycles. The van der Waals surface area contributed by atoms with E-state index in [9.17, 15) is 23.7 Å². The molecule has 2 saturated heterocycles. The number of benzene rings is 2. The molecule has 4 rings (SSSR count). The van der Waals surface area contributed by atoms with Crippen LogP contribution in [0.4, 0.5) is 4.79 Å². The maximum absolute atomic E-state index is 14.7. The molecule has 0 spiro atoms. The lowest BCUT2D eigenvalue weighted by Crippen LogP contribution is -2.59. The predicted octanol–water partition coefficient (Wildman–Crippen LogP) is 6.88. The summed E-state index contributed by atoms with van der Waals surface area (Å²) in [5.41, 5.74) is 0.392. The Hall–Kier alpha value is -2.66. The number of carbonyl (C=O) groups is 3. The zero-order valence-electron chi connectivity index (χ0n) is 26.4. The number of morpholine rings is 1. The van der Waals surface area contributed by atoms with E-state index in [0.717, 1.165) is 11.1 Å². The molecule has 2 aliphatic heterocycles. The molecule has 0 aromatic heterocycles. The minimum Gasteiger partial charge on any atom is -0.481 e. The maximum atomic E-state index is 14.7. The number of rotatable bonds is 9. The average molecular weight is 681 g/mol. The number of likely N-dealkylation sites (tertiary alicyclic amines) is 1. The van der Waals surface area contributed by atoms with Crippen LogP contribution in [0.15, 0.2) is 52.9 Å². The van der Waals surface area contributed by atoms with Crippen molar-refractivity contribution in [3.05, 3.63) is 69.7 Å². The van der Waals surface area contributed by atoms with Crippen molar-refractivity contribution in [1.82, 2.24) is 9.80 Å². The molecule has 2 aromatic carbocycles. The second kappa shape index (κ2) is 14.4. The van der Waals surface area contributed by atoms with E-state index in [1.54, 1.807) is 43.9 Å². The fraction of sp³-hybridized carbons (Fsp3) is 0.545. The van der Waals surface area contributed by atoms with Crippen molar-refractivity contribution in [2.75, 3.05) is 32.1 Å². The molecule has 45 heavy (non-hydrogen) atoms. The molecule has 3 amide bonds. The molecule has 1 N–H and O–H groups in total. The third-order valence-corrected chi connectivity index (χ3v) is 12.2. The highest BCUT2D eigenvalue weighted by molar-refractivity contribution is 7.94. The SMILES string of the molecule is CC(C)[C@@H](CS(=O)(=NC(=O)N1CCOCC1)C(C)C)N1C(=O)[C@@](C)(CC(=O)O)C[C@H](c2cccc(Cl)c2)[C@H]1c1ccc(Cl)cc1. The smallest absolute Gasteiger partial charge is 0.351 e.